The van der Waals surface area contributed by atoms with Crippen molar-refractivity contribution in [2.45, 2.75) is 12.5 Å². The van der Waals surface area contributed by atoms with Gasteiger partial charge < -0.3 is 9.47 Å². The average Bonchev–Trinajstić information content (AvgIpc) is 2.28. The Labute approximate surface area is 98.7 Å². The SMILES string of the molecule is COc1ccc(C(C)(CI)OC)cc1. The molecule has 0 aromatic heterocycles. The number of hydrogen-bond donors (Lipinski definition) is 0. The van der Waals surface area contributed by atoms with E-state index in [0.29, 0.717) is 0 Å². The van der Waals surface area contributed by atoms with Crippen molar-refractivity contribution in [2.24, 2.45) is 0 Å². The first-order valence-electron chi connectivity index (χ1n) is 4.42. The highest BCUT2D eigenvalue weighted by atomic mass is 127. The Morgan fingerprint density at radius 2 is 1.79 bits per heavy atom. The lowest BCUT2D eigenvalue weighted by Gasteiger charge is -2.26. The summed E-state index contributed by atoms with van der Waals surface area (Å²) in [5, 5.41) is 0. The van der Waals surface area contributed by atoms with Crippen LogP contribution in [-0.2, 0) is 10.3 Å². The number of methoxy groups -OCH3 is 2. The number of ether oxygens (including phenoxy) is 2. The normalized spacial score (nSPS) is 14.9. The predicted octanol–water partition coefficient (Wildman–Crippen LogP) is 2.99. The van der Waals surface area contributed by atoms with Gasteiger partial charge in [0.2, 0.25) is 0 Å². The van der Waals surface area contributed by atoms with Gasteiger partial charge in [-0.05, 0) is 24.6 Å². The Hall–Kier alpha value is -0.290. The molecule has 0 radical (unpaired) electrons. The lowest BCUT2D eigenvalue weighted by molar-refractivity contribution is 0.0263. The minimum Gasteiger partial charge on any atom is -0.497 e. The molecule has 14 heavy (non-hydrogen) atoms. The monoisotopic (exact) mass is 306 g/mol. The minimum atomic E-state index is -0.202. The summed E-state index contributed by atoms with van der Waals surface area (Å²) in [4.78, 5) is 0. The minimum absolute atomic E-state index is 0.202. The van der Waals surface area contributed by atoms with Crippen LogP contribution >= 0.6 is 22.6 Å². The largest absolute Gasteiger partial charge is 0.497 e. The van der Waals surface area contributed by atoms with E-state index in [0.717, 1.165) is 10.2 Å². The fourth-order valence-corrected chi connectivity index (χ4v) is 1.94. The molecule has 78 valence electrons. The van der Waals surface area contributed by atoms with Gasteiger partial charge in [0.1, 0.15) is 5.75 Å². The molecule has 0 bridgehead atoms. The standard InChI is InChI=1S/C11H15IO2/c1-11(8-12,14-3)9-4-6-10(13-2)7-5-9/h4-7H,8H2,1-3H3. The van der Waals surface area contributed by atoms with E-state index in [1.165, 1.54) is 5.56 Å². The summed E-state index contributed by atoms with van der Waals surface area (Å²) in [5.41, 5.74) is 0.975. The molecule has 1 rings (SSSR count). The maximum Gasteiger partial charge on any atom is 0.118 e. The summed E-state index contributed by atoms with van der Waals surface area (Å²) in [6, 6.07) is 8.00. The number of halogens is 1. The summed E-state index contributed by atoms with van der Waals surface area (Å²) < 4.78 is 11.5. The molecule has 0 N–H and O–H groups in total. The van der Waals surface area contributed by atoms with E-state index in [1.807, 2.05) is 24.3 Å². The van der Waals surface area contributed by atoms with Gasteiger partial charge in [0.25, 0.3) is 0 Å². The maximum absolute atomic E-state index is 5.50. The van der Waals surface area contributed by atoms with Gasteiger partial charge in [-0.1, -0.05) is 34.7 Å². The number of alkyl halides is 1. The molecule has 2 nitrogen and oxygen atoms in total. The van der Waals surface area contributed by atoms with E-state index in [4.69, 9.17) is 9.47 Å². The molecule has 0 saturated carbocycles. The van der Waals surface area contributed by atoms with Gasteiger partial charge in [0.05, 0.1) is 12.7 Å². The summed E-state index contributed by atoms with van der Waals surface area (Å²) in [5.74, 6) is 0.876. The molecule has 0 heterocycles. The molecule has 0 aliphatic heterocycles. The second-order valence-electron chi connectivity index (χ2n) is 3.30. The highest BCUT2D eigenvalue weighted by molar-refractivity contribution is 14.1. The average molecular weight is 306 g/mol. The first-order valence-corrected chi connectivity index (χ1v) is 5.94. The van der Waals surface area contributed by atoms with Crippen molar-refractivity contribution in [3.63, 3.8) is 0 Å². The third kappa shape index (κ3) is 2.39. The molecular formula is C11H15IO2. The number of benzene rings is 1. The van der Waals surface area contributed by atoms with Crippen LogP contribution in [0.15, 0.2) is 24.3 Å². The molecule has 1 aromatic carbocycles. The van der Waals surface area contributed by atoms with Crippen molar-refractivity contribution in [1.29, 1.82) is 0 Å². The fourth-order valence-electron chi connectivity index (χ4n) is 1.19. The van der Waals surface area contributed by atoms with Crippen LogP contribution in [0.4, 0.5) is 0 Å². The van der Waals surface area contributed by atoms with Crippen molar-refractivity contribution in [3.8, 4) is 5.75 Å². The maximum atomic E-state index is 5.50. The van der Waals surface area contributed by atoms with Gasteiger partial charge in [-0.25, -0.2) is 0 Å². The van der Waals surface area contributed by atoms with E-state index in [-0.39, 0.29) is 5.60 Å². The summed E-state index contributed by atoms with van der Waals surface area (Å²) >= 11 is 2.33. The lowest BCUT2D eigenvalue weighted by Crippen LogP contribution is -2.25. The zero-order valence-corrected chi connectivity index (χ0v) is 10.9. The van der Waals surface area contributed by atoms with Crippen LogP contribution in [0.3, 0.4) is 0 Å². The first-order chi connectivity index (χ1) is 6.66. The van der Waals surface area contributed by atoms with E-state index in [1.54, 1.807) is 14.2 Å². The van der Waals surface area contributed by atoms with Crippen LogP contribution < -0.4 is 4.74 Å². The van der Waals surface area contributed by atoms with E-state index in [9.17, 15) is 0 Å². The third-order valence-electron chi connectivity index (χ3n) is 2.41. The van der Waals surface area contributed by atoms with Crippen molar-refractivity contribution >= 4 is 22.6 Å². The van der Waals surface area contributed by atoms with Crippen molar-refractivity contribution < 1.29 is 9.47 Å². The molecule has 0 aliphatic rings. The van der Waals surface area contributed by atoms with Crippen LogP contribution in [-0.4, -0.2) is 18.6 Å². The molecule has 1 atom stereocenters. The van der Waals surface area contributed by atoms with Crippen LogP contribution in [0.2, 0.25) is 0 Å². The molecule has 0 amide bonds. The van der Waals surface area contributed by atoms with E-state index >= 15 is 0 Å². The molecule has 0 saturated heterocycles. The van der Waals surface area contributed by atoms with Crippen molar-refractivity contribution in [2.75, 3.05) is 18.6 Å². The molecule has 0 spiro atoms. The van der Waals surface area contributed by atoms with Crippen LogP contribution in [0.5, 0.6) is 5.75 Å². The van der Waals surface area contributed by atoms with Crippen LogP contribution in [0.1, 0.15) is 12.5 Å². The number of rotatable bonds is 4. The van der Waals surface area contributed by atoms with Gasteiger partial charge in [-0.15, -0.1) is 0 Å². The molecule has 1 unspecified atom stereocenters. The highest BCUT2D eigenvalue weighted by Crippen LogP contribution is 2.28. The smallest absolute Gasteiger partial charge is 0.118 e. The molecule has 0 fully saturated rings. The molecule has 3 heteroatoms. The Bertz CT molecular complexity index is 278. The van der Waals surface area contributed by atoms with Gasteiger partial charge in [-0.3, -0.25) is 0 Å². The highest BCUT2D eigenvalue weighted by Gasteiger charge is 2.24. The van der Waals surface area contributed by atoms with Gasteiger partial charge in [0.15, 0.2) is 0 Å². The first kappa shape index (κ1) is 11.8. The second kappa shape index (κ2) is 4.98. The van der Waals surface area contributed by atoms with Gasteiger partial charge >= 0.3 is 0 Å². The Morgan fingerprint density at radius 1 is 1.21 bits per heavy atom. The third-order valence-corrected chi connectivity index (χ3v) is 3.86. The van der Waals surface area contributed by atoms with Gasteiger partial charge in [0, 0.05) is 11.5 Å². The fraction of sp³-hybridized carbons (Fsp3) is 0.455. The zero-order valence-electron chi connectivity index (χ0n) is 8.71. The molecular weight excluding hydrogens is 291 g/mol. The molecule has 1 aromatic rings. The zero-order chi connectivity index (χ0) is 10.6. The lowest BCUT2D eigenvalue weighted by atomic mass is 9.98. The van der Waals surface area contributed by atoms with Crippen LogP contribution in [0, 0.1) is 0 Å². The van der Waals surface area contributed by atoms with Crippen molar-refractivity contribution in [3.05, 3.63) is 29.8 Å². The van der Waals surface area contributed by atoms with E-state index in [2.05, 4.69) is 29.5 Å². The predicted molar refractivity (Wildman–Crippen MR) is 66.2 cm³/mol. The summed E-state index contributed by atoms with van der Waals surface area (Å²) in [6.07, 6.45) is 0. The Morgan fingerprint density at radius 3 is 2.14 bits per heavy atom. The Kier molecular flexibility index (Phi) is 4.19. The number of hydrogen-bond acceptors (Lipinski definition) is 2. The van der Waals surface area contributed by atoms with Crippen LogP contribution in [0.25, 0.3) is 0 Å². The van der Waals surface area contributed by atoms with Crippen molar-refractivity contribution in [1.82, 2.24) is 0 Å². The quantitative estimate of drug-likeness (QED) is 0.629. The molecule has 0 aliphatic carbocycles. The topological polar surface area (TPSA) is 18.5 Å². The van der Waals surface area contributed by atoms with Gasteiger partial charge in [-0.2, -0.15) is 0 Å². The summed E-state index contributed by atoms with van der Waals surface area (Å²) in [6.45, 7) is 2.08. The Balaban J connectivity index is 2.95. The summed E-state index contributed by atoms with van der Waals surface area (Å²) in [7, 11) is 3.41. The second-order valence-corrected chi connectivity index (χ2v) is 4.06. The van der Waals surface area contributed by atoms with E-state index < -0.39 is 0 Å².